The number of nitrogens with zero attached hydrogens (tertiary/aromatic N) is 1. The number of benzene rings is 3. The van der Waals surface area contributed by atoms with Crippen molar-refractivity contribution in [3.05, 3.63) is 95.6 Å². The van der Waals surface area contributed by atoms with Crippen molar-refractivity contribution >= 4 is 29.6 Å². The van der Waals surface area contributed by atoms with Crippen molar-refractivity contribution in [1.82, 2.24) is 10.7 Å². The third kappa shape index (κ3) is 8.43. The standard InChI is InChI=1S/C27H28N4O4/c1-2-22-10-6-7-11-24(22)30-25(32)19-35-23-14-12-21(13-15-23)18-29-31-27(34)26(33)28-17-16-20-8-4-3-5-9-20/h3-15,18H,2,16-17,19H2,1H3,(H,28,33)(H,30,32)(H,31,34)/b29-18-. The molecule has 3 aromatic carbocycles. The first kappa shape index (κ1) is 25.2. The Balaban J connectivity index is 1.38. The van der Waals surface area contributed by atoms with Gasteiger partial charge in [-0.2, -0.15) is 5.10 Å². The van der Waals surface area contributed by atoms with Gasteiger partial charge in [-0.05, 0) is 59.9 Å². The van der Waals surface area contributed by atoms with Crippen LogP contribution in [0.15, 0.2) is 84.0 Å². The Morgan fingerprint density at radius 3 is 2.34 bits per heavy atom. The van der Waals surface area contributed by atoms with Crippen LogP contribution < -0.4 is 20.8 Å². The van der Waals surface area contributed by atoms with Crippen LogP contribution in [-0.2, 0) is 27.2 Å². The van der Waals surface area contributed by atoms with Crippen molar-refractivity contribution in [2.24, 2.45) is 5.10 Å². The van der Waals surface area contributed by atoms with Crippen molar-refractivity contribution in [2.45, 2.75) is 19.8 Å². The first-order chi connectivity index (χ1) is 17.0. The lowest BCUT2D eigenvalue weighted by Gasteiger charge is -2.10. The minimum atomic E-state index is -0.843. The molecule has 3 rings (SSSR count). The van der Waals surface area contributed by atoms with Crippen LogP contribution in [0.2, 0.25) is 0 Å². The number of amides is 3. The van der Waals surface area contributed by atoms with Gasteiger partial charge in [-0.3, -0.25) is 14.4 Å². The number of anilines is 1. The van der Waals surface area contributed by atoms with Gasteiger partial charge >= 0.3 is 11.8 Å². The maximum absolute atomic E-state index is 12.2. The van der Waals surface area contributed by atoms with Gasteiger partial charge in [0, 0.05) is 12.2 Å². The van der Waals surface area contributed by atoms with Crippen LogP contribution in [0.1, 0.15) is 23.6 Å². The molecule has 0 saturated heterocycles. The summed E-state index contributed by atoms with van der Waals surface area (Å²) >= 11 is 0. The molecule has 180 valence electrons. The zero-order chi connectivity index (χ0) is 24.9. The molecule has 3 N–H and O–H groups in total. The smallest absolute Gasteiger partial charge is 0.329 e. The SMILES string of the molecule is CCc1ccccc1NC(=O)COc1ccc(/C=N\NC(=O)C(=O)NCCc2ccccc2)cc1. The molecule has 0 aromatic heterocycles. The minimum Gasteiger partial charge on any atom is -0.484 e. The number of carbonyl (C=O) groups is 3. The maximum atomic E-state index is 12.2. The number of ether oxygens (including phenoxy) is 1. The number of hydrazone groups is 1. The molecule has 0 atom stereocenters. The average Bonchev–Trinajstić information content (AvgIpc) is 2.89. The van der Waals surface area contributed by atoms with Crippen LogP contribution in [-0.4, -0.2) is 37.1 Å². The first-order valence-electron chi connectivity index (χ1n) is 11.3. The second kappa shape index (κ2) is 13.3. The summed E-state index contributed by atoms with van der Waals surface area (Å²) in [6.07, 6.45) is 2.86. The fraction of sp³-hybridized carbons (Fsp3) is 0.185. The molecular weight excluding hydrogens is 444 g/mol. The highest BCUT2D eigenvalue weighted by Crippen LogP contribution is 2.16. The van der Waals surface area contributed by atoms with Gasteiger partial charge in [0.15, 0.2) is 6.61 Å². The Morgan fingerprint density at radius 2 is 1.60 bits per heavy atom. The van der Waals surface area contributed by atoms with E-state index in [0.717, 1.165) is 23.2 Å². The number of carbonyl (C=O) groups excluding carboxylic acids is 3. The van der Waals surface area contributed by atoms with Crippen LogP contribution in [0, 0.1) is 0 Å². The van der Waals surface area contributed by atoms with E-state index in [-0.39, 0.29) is 12.5 Å². The highest BCUT2D eigenvalue weighted by atomic mass is 16.5. The molecule has 0 aliphatic carbocycles. The van der Waals surface area contributed by atoms with E-state index in [4.69, 9.17) is 4.74 Å². The molecule has 3 amide bonds. The molecule has 0 saturated carbocycles. The molecule has 0 fully saturated rings. The van der Waals surface area contributed by atoms with Crippen molar-refractivity contribution < 1.29 is 19.1 Å². The third-order valence-corrected chi connectivity index (χ3v) is 5.05. The van der Waals surface area contributed by atoms with Gasteiger partial charge in [0.1, 0.15) is 5.75 Å². The summed E-state index contributed by atoms with van der Waals surface area (Å²) in [5.41, 5.74) is 5.79. The number of para-hydroxylation sites is 1. The van der Waals surface area contributed by atoms with Gasteiger partial charge in [-0.15, -0.1) is 0 Å². The van der Waals surface area contributed by atoms with E-state index in [1.165, 1.54) is 6.21 Å². The summed E-state index contributed by atoms with van der Waals surface area (Å²) < 4.78 is 5.53. The van der Waals surface area contributed by atoms with E-state index in [1.807, 2.05) is 61.5 Å². The zero-order valence-electron chi connectivity index (χ0n) is 19.5. The van der Waals surface area contributed by atoms with Crippen molar-refractivity contribution in [1.29, 1.82) is 0 Å². The quantitative estimate of drug-likeness (QED) is 0.239. The predicted octanol–water partition coefficient (Wildman–Crippen LogP) is 3.08. The highest BCUT2D eigenvalue weighted by Gasteiger charge is 2.11. The Morgan fingerprint density at radius 1 is 0.886 bits per heavy atom. The molecule has 0 spiro atoms. The lowest BCUT2D eigenvalue weighted by Crippen LogP contribution is -2.38. The van der Waals surface area contributed by atoms with E-state index >= 15 is 0 Å². The maximum Gasteiger partial charge on any atom is 0.329 e. The predicted molar refractivity (Wildman–Crippen MR) is 135 cm³/mol. The highest BCUT2D eigenvalue weighted by molar-refractivity contribution is 6.35. The molecule has 0 aliphatic heterocycles. The number of hydrogen-bond acceptors (Lipinski definition) is 5. The van der Waals surface area contributed by atoms with E-state index < -0.39 is 11.8 Å². The van der Waals surface area contributed by atoms with Crippen LogP contribution in [0.4, 0.5) is 5.69 Å². The molecule has 3 aromatic rings. The third-order valence-electron chi connectivity index (χ3n) is 5.05. The van der Waals surface area contributed by atoms with Gasteiger partial charge in [0.2, 0.25) is 0 Å². The molecule has 0 radical (unpaired) electrons. The largest absolute Gasteiger partial charge is 0.484 e. The zero-order valence-corrected chi connectivity index (χ0v) is 19.5. The van der Waals surface area contributed by atoms with Gasteiger partial charge in [0.05, 0.1) is 6.21 Å². The Labute approximate surface area is 204 Å². The van der Waals surface area contributed by atoms with Crippen molar-refractivity contribution in [3.8, 4) is 5.75 Å². The minimum absolute atomic E-state index is 0.124. The van der Waals surface area contributed by atoms with Crippen LogP contribution in [0.3, 0.4) is 0 Å². The van der Waals surface area contributed by atoms with Gasteiger partial charge < -0.3 is 15.4 Å². The molecular formula is C27H28N4O4. The summed E-state index contributed by atoms with van der Waals surface area (Å²) in [7, 11) is 0. The number of aryl methyl sites for hydroxylation is 1. The van der Waals surface area contributed by atoms with E-state index in [1.54, 1.807) is 24.3 Å². The molecule has 0 aliphatic rings. The fourth-order valence-corrected chi connectivity index (χ4v) is 3.20. The topological polar surface area (TPSA) is 109 Å². The van der Waals surface area contributed by atoms with Crippen LogP contribution >= 0.6 is 0 Å². The second-order valence-electron chi connectivity index (χ2n) is 7.61. The van der Waals surface area contributed by atoms with Crippen molar-refractivity contribution in [2.75, 3.05) is 18.5 Å². The Kier molecular flexibility index (Phi) is 9.56. The average molecular weight is 473 g/mol. The lowest BCUT2D eigenvalue weighted by molar-refractivity contribution is -0.139. The summed E-state index contributed by atoms with van der Waals surface area (Å²) in [4.78, 5) is 35.9. The summed E-state index contributed by atoms with van der Waals surface area (Å²) in [5.74, 6) is -1.32. The number of rotatable bonds is 10. The molecule has 8 heteroatoms. The van der Waals surface area contributed by atoms with Crippen LogP contribution in [0.25, 0.3) is 0 Å². The monoisotopic (exact) mass is 472 g/mol. The summed E-state index contributed by atoms with van der Waals surface area (Å²) in [5, 5.41) is 9.22. The van der Waals surface area contributed by atoms with E-state index in [0.29, 0.717) is 24.3 Å². The van der Waals surface area contributed by atoms with Gasteiger partial charge in [-0.1, -0.05) is 55.5 Å². The summed E-state index contributed by atoms with van der Waals surface area (Å²) in [6.45, 7) is 2.26. The van der Waals surface area contributed by atoms with E-state index in [2.05, 4.69) is 21.2 Å². The van der Waals surface area contributed by atoms with Gasteiger partial charge in [0.25, 0.3) is 5.91 Å². The molecule has 0 unspecified atom stereocenters. The Bertz CT molecular complexity index is 1160. The number of nitrogens with one attached hydrogen (secondary N) is 3. The van der Waals surface area contributed by atoms with Gasteiger partial charge in [-0.25, -0.2) is 5.43 Å². The first-order valence-corrected chi connectivity index (χ1v) is 11.3. The fourth-order valence-electron chi connectivity index (χ4n) is 3.20. The van der Waals surface area contributed by atoms with Crippen molar-refractivity contribution in [3.63, 3.8) is 0 Å². The van der Waals surface area contributed by atoms with E-state index in [9.17, 15) is 14.4 Å². The second-order valence-corrected chi connectivity index (χ2v) is 7.61. The molecule has 0 bridgehead atoms. The number of hydrogen-bond donors (Lipinski definition) is 3. The normalized spacial score (nSPS) is 10.5. The van der Waals surface area contributed by atoms with Crippen LogP contribution in [0.5, 0.6) is 5.75 Å². The lowest BCUT2D eigenvalue weighted by atomic mass is 10.1. The summed E-state index contributed by atoms with van der Waals surface area (Å²) in [6, 6.07) is 24.1. The molecule has 35 heavy (non-hydrogen) atoms. The molecule has 0 heterocycles. The Hall–Kier alpha value is -4.46. The molecule has 8 nitrogen and oxygen atoms in total.